The van der Waals surface area contributed by atoms with E-state index in [9.17, 15) is 9.59 Å². The molecule has 2 saturated heterocycles. The van der Waals surface area contributed by atoms with Crippen molar-refractivity contribution in [2.24, 2.45) is 0 Å². The Labute approximate surface area is 178 Å². The van der Waals surface area contributed by atoms with E-state index in [2.05, 4.69) is 36.1 Å². The smallest absolute Gasteiger partial charge is 0.410 e. The van der Waals surface area contributed by atoms with E-state index in [1.54, 1.807) is 0 Å². The summed E-state index contributed by atoms with van der Waals surface area (Å²) in [6.45, 7) is 4.02. The summed E-state index contributed by atoms with van der Waals surface area (Å²) in [6, 6.07) is 20.9. The first-order valence-electron chi connectivity index (χ1n) is 10.9. The Morgan fingerprint density at radius 3 is 1.97 bits per heavy atom. The predicted octanol–water partition coefficient (Wildman–Crippen LogP) is 4.41. The summed E-state index contributed by atoms with van der Waals surface area (Å²) < 4.78 is 5.75. The van der Waals surface area contributed by atoms with Gasteiger partial charge < -0.3 is 9.64 Å². The SMILES string of the molecule is C[C@@H](COC(=O)N1C2CCC1CC(=O)C2)N(Cc1ccccc1)Cc1ccccc1. The van der Waals surface area contributed by atoms with Crippen molar-refractivity contribution in [3.8, 4) is 0 Å². The predicted molar refractivity (Wildman–Crippen MR) is 116 cm³/mol. The molecule has 1 amide bonds. The average molecular weight is 407 g/mol. The highest BCUT2D eigenvalue weighted by Gasteiger charge is 2.43. The Hall–Kier alpha value is -2.66. The Morgan fingerprint density at radius 2 is 1.47 bits per heavy atom. The van der Waals surface area contributed by atoms with Crippen LogP contribution in [0, 0.1) is 0 Å². The van der Waals surface area contributed by atoms with E-state index in [0.717, 1.165) is 25.9 Å². The Kier molecular flexibility index (Phi) is 6.48. The summed E-state index contributed by atoms with van der Waals surface area (Å²) in [5.74, 6) is 0.275. The molecule has 2 fully saturated rings. The van der Waals surface area contributed by atoms with Crippen LogP contribution in [0.5, 0.6) is 0 Å². The highest BCUT2D eigenvalue weighted by atomic mass is 16.6. The molecule has 2 heterocycles. The third-order valence-corrected chi connectivity index (χ3v) is 6.29. The fourth-order valence-corrected chi connectivity index (χ4v) is 4.64. The van der Waals surface area contributed by atoms with Crippen LogP contribution in [0.1, 0.15) is 43.7 Å². The average Bonchev–Trinajstić information content (AvgIpc) is 3.04. The Bertz CT molecular complexity index is 798. The van der Waals surface area contributed by atoms with Crippen molar-refractivity contribution in [2.45, 2.75) is 63.8 Å². The summed E-state index contributed by atoms with van der Waals surface area (Å²) in [7, 11) is 0. The first-order valence-corrected chi connectivity index (χ1v) is 10.9. The molecular formula is C25H30N2O3. The highest BCUT2D eigenvalue weighted by Crippen LogP contribution is 2.34. The number of Topliss-reactive ketones (excluding diaryl/α,β-unsaturated/α-hetero) is 1. The van der Waals surface area contributed by atoms with Gasteiger partial charge in [0, 0.05) is 44.1 Å². The second-order valence-electron chi connectivity index (χ2n) is 8.54. The highest BCUT2D eigenvalue weighted by molar-refractivity contribution is 5.83. The minimum atomic E-state index is -0.263. The van der Waals surface area contributed by atoms with Gasteiger partial charge in [0.15, 0.2) is 0 Å². The van der Waals surface area contributed by atoms with Gasteiger partial charge in [-0.15, -0.1) is 0 Å². The van der Waals surface area contributed by atoms with Crippen LogP contribution in [-0.4, -0.2) is 46.4 Å². The van der Waals surface area contributed by atoms with E-state index in [0.29, 0.717) is 19.4 Å². The summed E-state index contributed by atoms with van der Waals surface area (Å²) >= 11 is 0. The largest absolute Gasteiger partial charge is 0.448 e. The van der Waals surface area contributed by atoms with Gasteiger partial charge in [0.1, 0.15) is 12.4 Å². The maximum Gasteiger partial charge on any atom is 0.410 e. The van der Waals surface area contributed by atoms with E-state index in [4.69, 9.17) is 4.74 Å². The fraction of sp³-hybridized carbons (Fsp3) is 0.440. The first-order chi connectivity index (χ1) is 14.6. The molecule has 0 aliphatic carbocycles. The summed E-state index contributed by atoms with van der Waals surface area (Å²) in [5.41, 5.74) is 2.47. The molecule has 4 rings (SSSR count). The molecule has 2 unspecified atom stereocenters. The van der Waals surface area contributed by atoms with Crippen molar-refractivity contribution in [1.82, 2.24) is 9.80 Å². The van der Waals surface area contributed by atoms with Crippen molar-refractivity contribution < 1.29 is 14.3 Å². The number of benzene rings is 2. The molecule has 3 atom stereocenters. The van der Waals surface area contributed by atoms with Crippen molar-refractivity contribution in [3.05, 3.63) is 71.8 Å². The molecule has 0 N–H and O–H groups in total. The van der Waals surface area contributed by atoms with Crippen molar-refractivity contribution in [1.29, 1.82) is 0 Å². The number of ketones is 1. The first kappa shape index (κ1) is 20.6. The molecule has 2 aromatic carbocycles. The number of hydrogen-bond acceptors (Lipinski definition) is 4. The maximum atomic E-state index is 12.8. The molecule has 0 radical (unpaired) electrons. The minimum absolute atomic E-state index is 0.0313. The van der Waals surface area contributed by atoms with Gasteiger partial charge in [-0.3, -0.25) is 9.69 Å². The van der Waals surface area contributed by atoms with Crippen LogP contribution in [0.3, 0.4) is 0 Å². The molecule has 2 bridgehead atoms. The van der Waals surface area contributed by atoms with E-state index in [-0.39, 0.29) is 30.0 Å². The lowest BCUT2D eigenvalue weighted by molar-refractivity contribution is -0.123. The minimum Gasteiger partial charge on any atom is -0.448 e. The van der Waals surface area contributed by atoms with Crippen LogP contribution in [0.15, 0.2) is 60.7 Å². The van der Waals surface area contributed by atoms with Crippen molar-refractivity contribution in [2.75, 3.05) is 6.61 Å². The van der Waals surface area contributed by atoms with E-state index >= 15 is 0 Å². The second kappa shape index (κ2) is 9.43. The van der Waals surface area contributed by atoms with Gasteiger partial charge in [0.2, 0.25) is 0 Å². The van der Waals surface area contributed by atoms with Gasteiger partial charge in [-0.1, -0.05) is 60.7 Å². The van der Waals surface area contributed by atoms with Crippen LogP contribution in [-0.2, 0) is 22.6 Å². The zero-order valence-corrected chi connectivity index (χ0v) is 17.6. The van der Waals surface area contributed by atoms with E-state index in [1.165, 1.54) is 11.1 Å². The Morgan fingerprint density at radius 1 is 0.967 bits per heavy atom. The number of piperidine rings is 1. The number of nitrogens with zero attached hydrogens (tertiary/aromatic N) is 2. The molecular weight excluding hydrogens is 376 g/mol. The number of carbonyl (C=O) groups is 2. The molecule has 2 aliphatic heterocycles. The zero-order valence-electron chi connectivity index (χ0n) is 17.6. The third kappa shape index (κ3) is 4.90. The van der Waals surface area contributed by atoms with Gasteiger partial charge in [0.05, 0.1) is 0 Å². The standard InChI is InChI=1S/C25H30N2O3/c1-19(18-30-25(29)27-22-12-13-23(27)15-24(28)14-22)26(16-20-8-4-2-5-9-20)17-21-10-6-3-7-11-21/h2-11,19,22-23H,12-18H2,1H3/t19-,22?,23?/m0/s1. The van der Waals surface area contributed by atoms with E-state index < -0.39 is 0 Å². The van der Waals surface area contributed by atoms with Crippen molar-refractivity contribution in [3.63, 3.8) is 0 Å². The number of rotatable bonds is 7. The van der Waals surface area contributed by atoms with Crippen molar-refractivity contribution >= 4 is 11.9 Å². The van der Waals surface area contributed by atoms with Gasteiger partial charge in [-0.05, 0) is 30.9 Å². The molecule has 5 heteroatoms. The van der Waals surface area contributed by atoms with Gasteiger partial charge >= 0.3 is 6.09 Å². The van der Waals surface area contributed by atoms with Crippen LogP contribution in [0.2, 0.25) is 0 Å². The molecule has 0 aromatic heterocycles. The molecule has 5 nitrogen and oxygen atoms in total. The van der Waals surface area contributed by atoms with Crippen LogP contribution < -0.4 is 0 Å². The lowest BCUT2D eigenvalue weighted by Crippen LogP contribution is -2.48. The molecule has 158 valence electrons. The van der Waals surface area contributed by atoms with Crippen LogP contribution in [0.25, 0.3) is 0 Å². The van der Waals surface area contributed by atoms with E-state index in [1.807, 2.05) is 41.3 Å². The fourth-order valence-electron chi connectivity index (χ4n) is 4.64. The molecule has 2 aliphatic rings. The number of fused-ring (bicyclic) bond motifs is 2. The van der Waals surface area contributed by atoms with Gasteiger partial charge in [-0.2, -0.15) is 0 Å². The van der Waals surface area contributed by atoms with Gasteiger partial charge in [-0.25, -0.2) is 4.79 Å². The van der Waals surface area contributed by atoms with Crippen LogP contribution >= 0.6 is 0 Å². The summed E-state index contributed by atoms with van der Waals surface area (Å²) in [5, 5.41) is 0. The van der Waals surface area contributed by atoms with Gasteiger partial charge in [0.25, 0.3) is 0 Å². The lowest BCUT2D eigenvalue weighted by Gasteiger charge is -2.34. The molecule has 30 heavy (non-hydrogen) atoms. The number of amides is 1. The number of carbonyl (C=O) groups excluding carboxylic acids is 2. The second-order valence-corrected chi connectivity index (χ2v) is 8.54. The normalized spacial score (nSPS) is 21.7. The summed E-state index contributed by atoms with van der Waals surface area (Å²) in [6.07, 6.45) is 2.52. The number of ether oxygens (including phenoxy) is 1. The quantitative estimate of drug-likeness (QED) is 0.683. The van der Waals surface area contributed by atoms with Crippen LogP contribution in [0.4, 0.5) is 4.79 Å². The lowest BCUT2D eigenvalue weighted by atomic mass is 10.0. The topological polar surface area (TPSA) is 49.9 Å². The molecule has 0 spiro atoms. The molecule has 2 aromatic rings. The molecule has 0 saturated carbocycles. The maximum absolute atomic E-state index is 12.8. The third-order valence-electron chi connectivity index (χ3n) is 6.29. The summed E-state index contributed by atoms with van der Waals surface area (Å²) in [4.78, 5) is 28.8. The monoisotopic (exact) mass is 406 g/mol. The zero-order chi connectivity index (χ0) is 20.9. The number of hydrogen-bond donors (Lipinski definition) is 0. The Balaban J connectivity index is 1.39.